The Balaban J connectivity index is 1.03. The van der Waals surface area contributed by atoms with Crippen molar-refractivity contribution in [3.05, 3.63) is 71.1 Å². The van der Waals surface area contributed by atoms with Crippen LogP contribution in [0.3, 0.4) is 0 Å². The van der Waals surface area contributed by atoms with Gasteiger partial charge in [0.05, 0.1) is 11.7 Å². The number of aromatic nitrogens is 1. The number of rotatable bonds is 7. The van der Waals surface area contributed by atoms with E-state index in [1.165, 1.54) is 22.5 Å². The number of nitrogens with one attached hydrogen (secondary N) is 3. The maximum atomic E-state index is 12.8. The number of hydrogen-bond donors (Lipinski definition) is 3. The number of carbonyl (C=O) groups excluding carboxylic acids is 2. The van der Waals surface area contributed by atoms with E-state index in [-0.39, 0.29) is 23.9 Å². The fourth-order valence-corrected chi connectivity index (χ4v) is 6.08. The highest BCUT2D eigenvalue weighted by molar-refractivity contribution is 7.14. The Morgan fingerprint density at radius 2 is 1.78 bits per heavy atom. The highest BCUT2D eigenvalue weighted by Crippen LogP contribution is 2.30. The zero-order valence-electron chi connectivity index (χ0n) is 20.7. The molecule has 1 saturated carbocycles. The van der Waals surface area contributed by atoms with Gasteiger partial charge in [-0.3, -0.25) is 9.59 Å². The molecule has 3 aromatic rings. The van der Waals surface area contributed by atoms with Crippen LogP contribution in [-0.4, -0.2) is 35.4 Å². The summed E-state index contributed by atoms with van der Waals surface area (Å²) in [5.74, 6) is 0.876. The molecule has 2 heterocycles. The van der Waals surface area contributed by atoms with Gasteiger partial charge in [0, 0.05) is 30.0 Å². The first kappa shape index (κ1) is 24.7. The first-order valence-electron chi connectivity index (χ1n) is 12.9. The van der Waals surface area contributed by atoms with E-state index in [9.17, 15) is 9.59 Å². The summed E-state index contributed by atoms with van der Waals surface area (Å²) in [7, 11) is 0. The second-order valence-electron chi connectivity index (χ2n) is 10.2. The Morgan fingerprint density at radius 1 is 1.03 bits per heavy atom. The maximum Gasteiger partial charge on any atom is 0.237 e. The van der Waals surface area contributed by atoms with Crippen molar-refractivity contribution in [3.63, 3.8) is 0 Å². The number of aryl methyl sites for hydroxylation is 1. The number of benzene rings is 2. The van der Waals surface area contributed by atoms with Crippen molar-refractivity contribution in [3.8, 4) is 11.3 Å². The molecule has 2 aromatic carbocycles. The average Bonchev–Trinajstić information content (AvgIpc) is 3.57. The van der Waals surface area contributed by atoms with Crippen LogP contribution in [0.4, 0.5) is 5.13 Å². The third kappa shape index (κ3) is 6.20. The summed E-state index contributed by atoms with van der Waals surface area (Å²) in [5.41, 5.74) is 4.45. The Morgan fingerprint density at radius 3 is 2.53 bits per heavy atom. The van der Waals surface area contributed by atoms with Crippen molar-refractivity contribution < 1.29 is 9.59 Å². The van der Waals surface area contributed by atoms with Gasteiger partial charge >= 0.3 is 0 Å². The zero-order valence-corrected chi connectivity index (χ0v) is 21.5. The first-order chi connectivity index (χ1) is 17.5. The predicted octanol–water partition coefficient (Wildman–Crippen LogP) is 5.27. The summed E-state index contributed by atoms with van der Waals surface area (Å²) in [4.78, 5) is 30.0. The van der Waals surface area contributed by atoms with Crippen LogP contribution < -0.4 is 16.0 Å². The minimum Gasteiger partial charge on any atom is -0.352 e. The fourth-order valence-electron chi connectivity index (χ4n) is 5.35. The van der Waals surface area contributed by atoms with Crippen LogP contribution in [0.5, 0.6) is 0 Å². The van der Waals surface area contributed by atoms with E-state index in [1.54, 1.807) is 0 Å². The van der Waals surface area contributed by atoms with Gasteiger partial charge in [-0.1, -0.05) is 60.2 Å². The Kier molecular flexibility index (Phi) is 7.78. The van der Waals surface area contributed by atoms with Crippen molar-refractivity contribution in [2.75, 3.05) is 11.9 Å². The summed E-state index contributed by atoms with van der Waals surface area (Å²) < 4.78 is 0. The molecule has 5 rings (SSSR count). The van der Waals surface area contributed by atoms with Gasteiger partial charge in [-0.15, -0.1) is 11.3 Å². The Hall–Kier alpha value is -3.03. The molecule has 0 spiro atoms. The average molecular weight is 503 g/mol. The van der Waals surface area contributed by atoms with Gasteiger partial charge in [0.2, 0.25) is 11.8 Å². The molecular weight excluding hydrogens is 468 g/mol. The number of amides is 2. The third-order valence-corrected chi connectivity index (χ3v) is 8.24. The van der Waals surface area contributed by atoms with Crippen molar-refractivity contribution in [2.24, 2.45) is 5.92 Å². The number of anilines is 1. The minimum atomic E-state index is -0.123. The minimum absolute atomic E-state index is 0.0226. The van der Waals surface area contributed by atoms with Crippen LogP contribution in [0.15, 0.2) is 60.0 Å². The lowest BCUT2D eigenvalue weighted by molar-refractivity contribution is -0.124. The lowest BCUT2D eigenvalue weighted by Gasteiger charge is -2.29. The smallest absolute Gasteiger partial charge is 0.237 e. The molecule has 1 saturated heterocycles. The third-order valence-electron chi connectivity index (χ3n) is 7.48. The number of hydrogen-bond acceptors (Lipinski definition) is 5. The first-order valence-corrected chi connectivity index (χ1v) is 13.8. The van der Waals surface area contributed by atoms with E-state index >= 15 is 0 Å². The monoisotopic (exact) mass is 502 g/mol. The second-order valence-corrected chi connectivity index (χ2v) is 11.0. The van der Waals surface area contributed by atoms with Gasteiger partial charge in [-0.25, -0.2) is 4.98 Å². The molecule has 1 unspecified atom stereocenters. The summed E-state index contributed by atoms with van der Waals surface area (Å²) in [6.45, 7) is 2.90. The standard InChI is InChI=1S/C29H34N4O2S/c1-19-7-11-22(12-8-19)26-18-36-29(32-26)33-27(34)15-20-9-13-24(14-10-20)31-28(35)25-16-23(17-30-25)21-5-3-2-4-6-21/h2-8,11-12,18,20,23-25,30H,9-10,13-17H2,1H3,(H,31,35)(H,32,33,34)/t20?,23?,24?,25-/m0/s1. The molecule has 36 heavy (non-hydrogen) atoms. The molecule has 6 nitrogen and oxygen atoms in total. The normalized spacial score (nSPS) is 23.8. The molecule has 1 aromatic heterocycles. The summed E-state index contributed by atoms with van der Waals surface area (Å²) in [5, 5.41) is 12.3. The van der Waals surface area contributed by atoms with E-state index in [2.05, 4.69) is 76.4 Å². The molecule has 188 valence electrons. The molecular formula is C29H34N4O2S. The molecule has 0 bridgehead atoms. The molecule has 2 atom stereocenters. The predicted molar refractivity (Wildman–Crippen MR) is 145 cm³/mol. The van der Waals surface area contributed by atoms with Crippen LogP contribution >= 0.6 is 11.3 Å². The SMILES string of the molecule is Cc1ccc(-c2csc(NC(=O)CC3CCC(NC(=O)[C@@H]4CC(c5ccccc5)CN4)CC3)n2)cc1. The molecule has 2 amide bonds. The zero-order chi connectivity index (χ0) is 24.9. The van der Waals surface area contributed by atoms with Crippen LogP contribution in [0, 0.1) is 12.8 Å². The van der Waals surface area contributed by atoms with Gasteiger partial charge in [-0.2, -0.15) is 0 Å². The lowest BCUT2D eigenvalue weighted by Crippen LogP contribution is -2.46. The highest BCUT2D eigenvalue weighted by Gasteiger charge is 2.32. The van der Waals surface area contributed by atoms with Crippen LogP contribution in [0.2, 0.25) is 0 Å². The number of thiazole rings is 1. The Bertz CT molecular complexity index is 1170. The van der Waals surface area contributed by atoms with Crippen molar-refractivity contribution in [1.82, 2.24) is 15.6 Å². The van der Waals surface area contributed by atoms with Crippen molar-refractivity contribution >= 4 is 28.3 Å². The summed E-state index contributed by atoms with van der Waals surface area (Å²) in [6.07, 6.45) is 5.10. The highest BCUT2D eigenvalue weighted by atomic mass is 32.1. The second kappa shape index (κ2) is 11.4. The van der Waals surface area contributed by atoms with E-state index in [4.69, 9.17) is 0 Å². The molecule has 2 fully saturated rings. The Labute approximate surface area is 216 Å². The van der Waals surface area contributed by atoms with E-state index in [1.807, 2.05) is 11.4 Å². The van der Waals surface area contributed by atoms with Gasteiger partial charge in [0.1, 0.15) is 0 Å². The number of carbonyl (C=O) groups is 2. The summed E-state index contributed by atoms with van der Waals surface area (Å²) >= 11 is 1.46. The topological polar surface area (TPSA) is 83.1 Å². The van der Waals surface area contributed by atoms with Gasteiger partial charge < -0.3 is 16.0 Å². The van der Waals surface area contributed by atoms with Gasteiger partial charge in [0.15, 0.2) is 5.13 Å². The van der Waals surface area contributed by atoms with E-state index in [0.29, 0.717) is 23.4 Å². The van der Waals surface area contributed by atoms with Crippen molar-refractivity contribution in [1.29, 1.82) is 0 Å². The van der Waals surface area contributed by atoms with Crippen LogP contribution in [0.25, 0.3) is 11.3 Å². The van der Waals surface area contributed by atoms with Crippen molar-refractivity contribution in [2.45, 2.75) is 63.5 Å². The molecule has 1 aliphatic carbocycles. The molecule has 7 heteroatoms. The maximum absolute atomic E-state index is 12.8. The number of nitrogens with zero attached hydrogens (tertiary/aromatic N) is 1. The quantitative estimate of drug-likeness (QED) is 0.411. The van der Waals surface area contributed by atoms with E-state index < -0.39 is 0 Å². The molecule has 2 aliphatic rings. The fraction of sp³-hybridized carbons (Fsp3) is 0.414. The van der Waals surface area contributed by atoms with Gasteiger partial charge in [-0.05, 0) is 56.4 Å². The summed E-state index contributed by atoms with van der Waals surface area (Å²) in [6, 6.07) is 18.7. The molecule has 0 radical (unpaired) electrons. The molecule has 1 aliphatic heterocycles. The van der Waals surface area contributed by atoms with E-state index in [0.717, 1.165) is 49.9 Å². The van der Waals surface area contributed by atoms with Crippen LogP contribution in [-0.2, 0) is 9.59 Å². The molecule has 3 N–H and O–H groups in total. The van der Waals surface area contributed by atoms with Crippen LogP contribution in [0.1, 0.15) is 55.6 Å². The largest absolute Gasteiger partial charge is 0.352 e. The lowest BCUT2D eigenvalue weighted by atomic mass is 9.84. The van der Waals surface area contributed by atoms with Gasteiger partial charge in [0.25, 0.3) is 0 Å².